The Balaban J connectivity index is 1.50. The maximum Gasteiger partial charge on any atom is 0.315 e. The van der Waals surface area contributed by atoms with E-state index in [0.717, 1.165) is 24.8 Å². The second-order valence-electron chi connectivity index (χ2n) is 9.95. The number of pyridine rings is 1. The van der Waals surface area contributed by atoms with Crippen molar-refractivity contribution in [2.45, 2.75) is 78.3 Å². The van der Waals surface area contributed by atoms with Gasteiger partial charge in [-0.25, -0.2) is 4.79 Å². The molecule has 0 spiro atoms. The Hall–Kier alpha value is -2.37. The van der Waals surface area contributed by atoms with Crippen molar-refractivity contribution in [3.05, 3.63) is 41.7 Å². The van der Waals surface area contributed by atoms with Gasteiger partial charge >= 0.3 is 6.03 Å². The van der Waals surface area contributed by atoms with Crippen molar-refractivity contribution in [3.8, 4) is 0 Å². The van der Waals surface area contributed by atoms with E-state index in [1.165, 1.54) is 24.8 Å². The maximum atomic E-state index is 12.6. The van der Waals surface area contributed by atoms with Crippen LogP contribution in [0, 0.1) is 23.7 Å². The summed E-state index contributed by atoms with van der Waals surface area (Å²) in [6, 6.07) is 4.13. The van der Waals surface area contributed by atoms with Gasteiger partial charge in [-0.05, 0) is 61.5 Å². The Kier molecular flexibility index (Phi) is 9.12. The second kappa shape index (κ2) is 12.0. The van der Waals surface area contributed by atoms with E-state index >= 15 is 0 Å². The fourth-order valence-electron chi connectivity index (χ4n) is 5.20. The summed E-state index contributed by atoms with van der Waals surface area (Å²) in [6.07, 6.45) is 13.2. The van der Waals surface area contributed by atoms with Crippen LogP contribution in [0.3, 0.4) is 0 Å². The van der Waals surface area contributed by atoms with Crippen LogP contribution < -0.4 is 16.0 Å². The van der Waals surface area contributed by atoms with E-state index in [-0.39, 0.29) is 17.9 Å². The zero-order valence-corrected chi connectivity index (χ0v) is 19.9. The minimum absolute atomic E-state index is 0.0395. The van der Waals surface area contributed by atoms with Crippen LogP contribution >= 0.6 is 0 Å². The molecule has 3 rings (SSSR count). The van der Waals surface area contributed by atoms with E-state index in [1.807, 2.05) is 12.1 Å². The van der Waals surface area contributed by atoms with Crippen LogP contribution in [0.25, 0.3) is 0 Å². The largest absolute Gasteiger partial charge is 0.352 e. The first-order chi connectivity index (χ1) is 15.4. The molecule has 3 N–H and O–H groups in total. The average molecular weight is 441 g/mol. The molecule has 3 amide bonds. The summed E-state index contributed by atoms with van der Waals surface area (Å²) in [5.41, 5.74) is 2.27. The van der Waals surface area contributed by atoms with Crippen molar-refractivity contribution < 1.29 is 9.59 Å². The first-order valence-electron chi connectivity index (χ1n) is 12.3. The van der Waals surface area contributed by atoms with Gasteiger partial charge in [0.1, 0.15) is 0 Å². The second-order valence-corrected chi connectivity index (χ2v) is 9.95. The number of nitrogens with one attached hydrogen (secondary N) is 3. The predicted octanol–water partition coefficient (Wildman–Crippen LogP) is 4.57. The number of amides is 3. The number of allylic oxidation sites excluding steroid dienone is 1. The van der Waals surface area contributed by atoms with Gasteiger partial charge in [-0.2, -0.15) is 0 Å². The molecule has 6 nitrogen and oxygen atoms in total. The molecule has 3 unspecified atom stereocenters. The van der Waals surface area contributed by atoms with E-state index in [4.69, 9.17) is 0 Å². The lowest BCUT2D eigenvalue weighted by Crippen LogP contribution is -2.45. The molecule has 1 saturated carbocycles. The summed E-state index contributed by atoms with van der Waals surface area (Å²) in [5.74, 6) is 1.58. The van der Waals surface area contributed by atoms with Crippen molar-refractivity contribution in [2.24, 2.45) is 23.7 Å². The molecule has 0 aliphatic heterocycles. The lowest BCUT2D eigenvalue weighted by atomic mass is 9.70. The summed E-state index contributed by atoms with van der Waals surface area (Å²) in [7, 11) is 0. The summed E-state index contributed by atoms with van der Waals surface area (Å²) in [4.78, 5) is 29.1. The van der Waals surface area contributed by atoms with Crippen molar-refractivity contribution in [1.29, 1.82) is 0 Å². The van der Waals surface area contributed by atoms with Crippen molar-refractivity contribution in [1.82, 2.24) is 20.9 Å². The molecule has 176 valence electrons. The minimum Gasteiger partial charge on any atom is -0.352 e. The normalized spacial score (nSPS) is 24.0. The topological polar surface area (TPSA) is 83.1 Å². The number of hydrogen-bond acceptors (Lipinski definition) is 3. The van der Waals surface area contributed by atoms with Gasteiger partial charge < -0.3 is 16.0 Å². The number of carbonyl (C=O) groups is 2. The average Bonchev–Trinajstić information content (AvgIpc) is 2.79. The Labute approximate surface area is 193 Å². The molecule has 1 aromatic rings. The number of rotatable bonds is 8. The van der Waals surface area contributed by atoms with Gasteiger partial charge in [0.05, 0.1) is 0 Å². The van der Waals surface area contributed by atoms with Crippen LogP contribution in [0.4, 0.5) is 4.79 Å². The Morgan fingerprint density at radius 3 is 2.62 bits per heavy atom. The van der Waals surface area contributed by atoms with E-state index in [9.17, 15) is 9.59 Å². The summed E-state index contributed by atoms with van der Waals surface area (Å²) < 4.78 is 0. The van der Waals surface area contributed by atoms with Gasteiger partial charge in [0.15, 0.2) is 0 Å². The van der Waals surface area contributed by atoms with Gasteiger partial charge in [-0.1, -0.05) is 50.8 Å². The summed E-state index contributed by atoms with van der Waals surface area (Å²) in [5, 5.41) is 9.30. The molecule has 1 fully saturated rings. The fraction of sp³-hybridized carbons (Fsp3) is 0.654. The molecular weight excluding hydrogens is 400 g/mol. The summed E-state index contributed by atoms with van der Waals surface area (Å²) in [6.45, 7) is 7.78. The quantitative estimate of drug-likeness (QED) is 0.518. The van der Waals surface area contributed by atoms with Crippen LogP contribution in [0.1, 0.15) is 71.3 Å². The van der Waals surface area contributed by atoms with Crippen LogP contribution in [0.15, 0.2) is 36.2 Å². The number of carbonyl (C=O) groups excluding carboxylic acids is 2. The van der Waals surface area contributed by atoms with Crippen LogP contribution in [-0.4, -0.2) is 29.5 Å². The molecule has 2 aliphatic carbocycles. The van der Waals surface area contributed by atoms with E-state index in [0.29, 0.717) is 43.3 Å². The van der Waals surface area contributed by atoms with Gasteiger partial charge in [0, 0.05) is 37.9 Å². The minimum atomic E-state index is -0.0395. The molecule has 0 radical (unpaired) electrons. The molecule has 1 heterocycles. The standard InChI is InChI=1S/C26H40N4O2/c1-18(2)24-13-21(14-25(31)28-16-20-8-7-11-27-15-20)19(3)12-22(24)17-29-26(32)30-23-9-5-4-6-10-23/h7-8,11-12,15,18,21-24H,4-6,9-10,13-14,16-17H2,1-3H3,(H,28,31)(H2,29,30,32). The van der Waals surface area contributed by atoms with Gasteiger partial charge in [0.25, 0.3) is 0 Å². The molecule has 32 heavy (non-hydrogen) atoms. The third-order valence-corrected chi connectivity index (χ3v) is 7.17. The monoisotopic (exact) mass is 440 g/mol. The number of nitrogens with zero attached hydrogens (tertiary/aromatic N) is 1. The molecule has 3 atom stereocenters. The van der Waals surface area contributed by atoms with E-state index in [2.05, 4.69) is 47.8 Å². The number of aromatic nitrogens is 1. The van der Waals surface area contributed by atoms with Crippen LogP contribution in [0.2, 0.25) is 0 Å². The first kappa shape index (κ1) is 24.3. The Morgan fingerprint density at radius 1 is 1.16 bits per heavy atom. The smallest absolute Gasteiger partial charge is 0.315 e. The van der Waals surface area contributed by atoms with Crippen molar-refractivity contribution in [3.63, 3.8) is 0 Å². The lowest BCUT2D eigenvalue weighted by Gasteiger charge is -2.37. The highest BCUT2D eigenvalue weighted by molar-refractivity contribution is 5.76. The Bertz CT molecular complexity index is 771. The maximum absolute atomic E-state index is 12.6. The zero-order valence-electron chi connectivity index (χ0n) is 19.9. The van der Waals surface area contributed by atoms with E-state index in [1.54, 1.807) is 12.4 Å². The van der Waals surface area contributed by atoms with Crippen molar-refractivity contribution in [2.75, 3.05) is 6.54 Å². The SMILES string of the molecule is CC1=CC(CNC(=O)NC2CCCCC2)C(C(C)C)CC1CC(=O)NCc1cccnc1. The van der Waals surface area contributed by atoms with Gasteiger partial charge in [-0.15, -0.1) is 0 Å². The Morgan fingerprint density at radius 2 is 1.94 bits per heavy atom. The molecule has 0 bridgehead atoms. The highest BCUT2D eigenvalue weighted by Crippen LogP contribution is 2.38. The van der Waals surface area contributed by atoms with E-state index < -0.39 is 0 Å². The molecule has 6 heteroatoms. The third-order valence-electron chi connectivity index (χ3n) is 7.17. The number of urea groups is 1. The lowest BCUT2D eigenvalue weighted by molar-refractivity contribution is -0.122. The predicted molar refractivity (Wildman–Crippen MR) is 128 cm³/mol. The van der Waals surface area contributed by atoms with Crippen LogP contribution in [-0.2, 0) is 11.3 Å². The zero-order chi connectivity index (χ0) is 22.9. The molecule has 0 aromatic carbocycles. The van der Waals surface area contributed by atoms with Gasteiger partial charge in [0.2, 0.25) is 5.91 Å². The molecule has 1 aromatic heterocycles. The third kappa shape index (κ3) is 7.35. The molecule has 0 saturated heterocycles. The van der Waals surface area contributed by atoms with Crippen molar-refractivity contribution >= 4 is 11.9 Å². The van der Waals surface area contributed by atoms with Crippen LogP contribution in [0.5, 0.6) is 0 Å². The fourth-order valence-corrected chi connectivity index (χ4v) is 5.20. The van der Waals surface area contributed by atoms with Gasteiger partial charge in [-0.3, -0.25) is 9.78 Å². The number of hydrogen-bond donors (Lipinski definition) is 3. The first-order valence-corrected chi connectivity index (χ1v) is 12.3. The highest BCUT2D eigenvalue weighted by Gasteiger charge is 2.32. The molecule has 2 aliphatic rings. The molecular formula is C26H40N4O2. The summed E-state index contributed by atoms with van der Waals surface area (Å²) >= 11 is 0. The highest BCUT2D eigenvalue weighted by atomic mass is 16.2.